The van der Waals surface area contributed by atoms with Crippen molar-refractivity contribution in [1.82, 2.24) is 9.88 Å². The third-order valence-electron chi connectivity index (χ3n) is 4.10. The molecule has 106 valence electrons. The molecule has 1 aliphatic rings. The number of pyridine rings is 1. The van der Waals surface area contributed by atoms with Crippen LogP contribution in [0.4, 0.5) is 5.69 Å². The van der Waals surface area contributed by atoms with Gasteiger partial charge in [-0.05, 0) is 56.1 Å². The van der Waals surface area contributed by atoms with Crippen LogP contribution in [0.3, 0.4) is 0 Å². The van der Waals surface area contributed by atoms with E-state index in [1.165, 1.54) is 19.4 Å². The van der Waals surface area contributed by atoms with Gasteiger partial charge in [0.1, 0.15) is 6.61 Å². The molecule has 20 heavy (non-hydrogen) atoms. The molecule has 0 amide bonds. The van der Waals surface area contributed by atoms with Gasteiger partial charge in [-0.2, -0.15) is 0 Å². The minimum absolute atomic E-state index is 0.517. The van der Waals surface area contributed by atoms with Gasteiger partial charge in [-0.15, -0.1) is 0 Å². The topological polar surface area (TPSA) is 37.4 Å². The molecular weight excluding hydrogens is 250 g/mol. The lowest BCUT2D eigenvalue weighted by Gasteiger charge is -2.19. The molecule has 0 bridgehead atoms. The molecule has 1 aliphatic heterocycles. The van der Waals surface area contributed by atoms with Crippen LogP contribution < -0.4 is 10.1 Å². The minimum Gasteiger partial charge on any atom is -0.476 e. The number of nitrogens with zero attached hydrogens (tertiary/aromatic N) is 2. The van der Waals surface area contributed by atoms with Gasteiger partial charge in [0.05, 0.1) is 0 Å². The molecule has 1 saturated heterocycles. The Bertz CT molecular complexity index is 599. The molecule has 0 radical (unpaired) electrons. The summed E-state index contributed by atoms with van der Waals surface area (Å²) in [4.78, 5) is 6.75. The van der Waals surface area contributed by atoms with Crippen LogP contribution in [0.2, 0.25) is 0 Å². The summed E-state index contributed by atoms with van der Waals surface area (Å²) in [5.41, 5.74) is 1.10. The monoisotopic (exact) mass is 271 g/mol. The van der Waals surface area contributed by atoms with Crippen LogP contribution >= 0.6 is 0 Å². The summed E-state index contributed by atoms with van der Waals surface area (Å²) in [5.74, 6) is 0.741. The van der Waals surface area contributed by atoms with Crippen molar-refractivity contribution < 1.29 is 4.74 Å². The maximum Gasteiger partial charge on any atom is 0.221 e. The highest BCUT2D eigenvalue weighted by molar-refractivity contribution is 5.89. The molecule has 4 nitrogen and oxygen atoms in total. The summed E-state index contributed by atoms with van der Waals surface area (Å²) in [6.07, 6.45) is 4.29. The fraction of sp³-hybridized carbons (Fsp3) is 0.438. The van der Waals surface area contributed by atoms with Gasteiger partial charge in [-0.3, -0.25) is 0 Å². The Morgan fingerprint density at radius 3 is 3.05 bits per heavy atom. The summed E-state index contributed by atoms with van der Waals surface area (Å²) in [6.45, 7) is 1.89. The summed E-state index contributed by atoms with van der Waals surface area (Å²) in [7, 11) is 4.09. The van der Waals surface area contributed by atoms with Gasteiger partial charge in [0.25, 0.3) is 0 Å². The zero-order valence-corrected chi connectivity index (χ0v) is 12.1. The number of nitrogens with one attached hydrogen (secondary N) is 1. The van der Waals surface area contributed by atoms with E-state index in [9.17, 15) is 0 Å². The van der Waals surface area contributed by atoms with Crippen LogP contribution in [0.5, 0.6) is 5.88 Å². The first-order valence-corrected chi connectivity index (χ1v) is 7.17. The van der Waals surface area contributed by atoms with Crippen molar-refractivity contribution in [2.45, 2.75) is 18.9 Å². The highest BCUT2D eigenvalue weighted by Crippen LogP contribution is 2.26. The van der Waals surface area contributed by atoms with E-state index >= 15 is 0 Å². The number of anilines is 1. The first-order chi connectivity index (χ1) is 9.78. The Balaban J connectivity index is 1.80. The first-order valence-electron chi connectivity index (χ1n) is 7.17. The Kier molecular flexibility index (Phi) is 3.74. The molecule has 2 aromatic rings. The number of hydrogen-bond donors (Lipinski definition) is 1. The van der Waals surface area contributed by atoms with E-state index in [-0.39, 0.29) is 0 Å². The SMILES string of the molecule is CNc1ccc2c(OCC3CCCN3C)nccc2c1. The number of likely N-dealkylation sites (N-methyl/N-ethyl adjacent to an activating group) is 1. The summed E-state index contributed by atoms with van der Waals surface area (Å²) >= 11 is 0. The van der Waals surface area contributed by atoms with Crippen molar-refractivity contribution in [2.75, 3.05) is 32.6 Å². The zero-order chi connectivity index (χ0) is 13.9. The lowest BCUT2D eigenvalue weighted by atomic mass is 10.1. The molecule has 1 aromatic carbocycles. The minimum atomic E-state index is 0.517. The largest absolute Gasteiger partial charge is 0.476 e. The number of fused-ring (bicyclic) bond motifs is 1. The third kappa shape index (κ3) is 2.56. The van der Waals surface area contributed by atoms with E-state index in [0.29, 0.717) is 6.04 Å². The first kappa shape index (κ1) is 13.2. The molecule has 1 atom stereocenters. The molecule has 0 spiro atoms. The summed E-state index contributed by atoms with van der Waals surface area (Å²) < 4.78 is 5.97. The number of likely N-dealkylation sites (tertiary alicyclic amines) is 1. The Morgan fingerprint density at radius 1 is 1.40 bits per heavy atom. The van der Waals surface area contributed by atoms with Crippen molar-refractivity contribution in [1.29, 1.82) is 0 Å². The molecular formula is C16H21N3O. The second kappa shape index (κ2) is 5.67. The normalized spacial score (nSPS) is 19.4. The van der Waals surface area contributed by atoms with Gasteiger partial charge in [-0.25, -0.2) is 4.98 Å². The maximum atomic E-state index is 5.97. The maximum absolute atomic E-state index is 5.97. The molecule has 0 saturated carbocycles. The fourth-order valence-corrected chi connectivity index (χ4v) is 2.79. The second-order valence-electron chi connectivity index (χ2n) is 5.39. The molecule has 1 aromatic heterocycles. The van der Waals surface area contributed by atoms with E-state index in [2.05, 4.69) is 40.4 Å². The standard InChI is InChI=1S/C16H21N3O/c1-17-13-5-6-15-12(10-13)7-8-18-16(15)20-11-14-4-3-9-19(14)2/h5-8,10,14,17H,3-4,9,11H2,1-2H3. The van der Waals surface area contributed by atoms with E-state index in [1.807, 2.05) is 19.3 Å². The van der Waals surface area contributed by atoms with Crippen LogP contribution in [0.15, 0.2) is 30.5 Å². The van der Waals surface area contributed by atoms with E-state index in [1.54, 1.807) is 0 Å². The molecule has 3 rings (SSSR count). The molecule has 1 unspecified atom stereocenters. The van der Waals surface area contributed by atoms with Crippen molar-refractivity contribution in [3.05, 3.63) is 30.5 Å². The van der Waals surface area contributed by atoms with Gasteiger partial charge in [0.15, 0.2) is 0 Å². The number of hydrogen-bond acceptors (Lipinski definition) is 4. The molecule has 1 N–H and O–H groups in total. The van der Waals surface area contributed by atoms with Crippen molar-refractivity contribution in [3.63, 3.8) is 0 Å². The third-order valence-corrected chi connectivity index (χ3v) is 4.10. The smallest absolute Gasteiger partial charge is 0.221 e. The van der Waals surface area contributed by atoms with Gasteiger partial charge in [-0.1, -0.05) is 0 Å². The highest BCUT2D eigenvalue weighted by atomic mass is 16.5. The zero-order valence-electron chi connectivity index (χ0n) is 12.1. The van der Waals surface area contributed by atoms with E-state index in [4.69, 9.17) is 4.74 Å². The Labute approximate surface area is 119 Å². The van der Waals surface area contributed by atoms with Crippen molar-refractivity contribution in [2.24, 2.45) is 0 Å². The molecule has 0 aliphatic carbocycles. The molecule has 4 heteroatoms. The Hall–Kier alpha value is -1.81. The predicted molar refractivity (Wildman–Crippen MR) is 82.4 cm³/mol. The highest BCUT2D eigenvalue weighted by Gasteiger charge is 2.21. The van der Waals surface area contributed by atoms with E-state index < -0.39 is 0 Å². The van der Waals surface area contributed by atoms with Crippen molar-refractivity contribution >= 4 is 16.5 Å². The lowest BCUT2D eigenvalue weighted by Crippen LogP contribution is -2.30. The number of benzene rings is 1. The lowest BCUT2D eigenvalue weighted by molar-refractivity contribution is 0.195. The number of rotatable bonds is 4. The van der Waals surface area contributed by atoms with Crippen LogP contribution in [-0.4, -0.2) is 43.2 Å². The average Bonchev–Trinajstić information content (AvgIpc) is 2.89. The second-order valence-corrected chi connectivity index (χ2v) is 5.39. The predicted octanol–water partition coefficient (Wildman–Crippen LogP) is 2.75. The van der Waals surface area contributed by atoms with Crippen LogP contribution in [0.1, 0.15) is 12.8 Å². The molecule has 1 fully saturated rings. The fourth-order valence-electron chi connectivity index (χ4n) is 2.79. The number of ether oxygens (including phenoxy) is 1. The Morgan fingerprint density at radius 2 is 2.30 bits per heavy atom. The molecule has 2 heterocycles. The van der Waals surface area contributed by atoms with E-state index in [0.717, 1.165) is 28.9 Å². The summed E-state index contributed by atoms with van der Waals surface area (Å²) in [6, 6.07) is 8.78. The van der Waals surface area contributed by atoms with Gasteiger partial charge < -0.3 is 15.0 Å². The van der Waals surface area contributed by atoms with Crippen LogP contribution in [-0.2, 0) is 0 Å². The quantitative estimate of drug-likeness (QED) is 0.928. The summed E-state index contributed by atoms with van der Waals surface area (Å²) in [5, 5.41) is 5.38. The van der Waals surface area contributed by atoms with Crippen LogP contribution in [0.25, 0.3) is 10.8 Å². The van der Waals surface area contributed by atoms with Gasteiger partial charge >= 0.3 is 0 Å². The average molecular weight is 271 g/mol. The van der Waals surface area contributed by atoms with Gasteiger partial charge in [0.2, 0.25) is 5.88 Å². The van der Waals surface area contributed by atoms with Crippen molar-refractivity contribution in [3.8, 4) is 5.88 Å². The number of aromatic nitrogens is 1. The van der Waals surface area contributed by atoms with Gasteiger partial charge in [0, 0.05) is 30.4 Å². The van der Waals surface area contributed by atoms with Crippen LogP contribution in [0, 0.1) is 0 Å².